The zero-order chi connectivity index (χ0) is 39.6. The monoisotopic (exact) mass is 794 g/mol. The quantitative estimate of drug-likeness (QED) is 0.131. The highest BCUT2D eigenvalue weighted by atomic mass is 35.5. The molecule has 3 aromatic heterocycles. The summed E-state index contributed by atoms with van der Waals surface area (Å²) in [6.45, 7) is 15.1. The van der Waals surface area contributed by atoms with Gasteiger partial charge in [0.05, 0.1) is 40.6 Å². The molecule has 1 atom stereocenters. The van der Waals surface area contributed by atoms with Gasteiger partial charge in [0.15, 0.2) is 0 Å². The van der Waals surface area contributed by atoms with Crippen molar-refractivity contribution in [2.45, 2.75) is 72.9 Å². The molecule has 8 rings (SSSR count). The van der Waals surface area contributed by atoms with E-state index in [0.29, 0.717) is 42.4 Å². The third-order valence-electron chi connectivity index (χ3n) is 11.8. The average molecular weight is 796 g/mol. The van der Waals surface area contributed by atoms with Crippen molar-refractivity contribution >= 4 is 62.6 Å². The minimum absolute atomic E-state index is 0.135. The number of nitrogens with zero attached hydrogens (tertiary/aromatic N) is 6. The third kappa shape index (κ3) is 6.45. The molecule has 1 saturated heterocycles. The van der Waals surface area contributed by atoms with Crippen molar-refractivity contribution in [1.29, 1.82) is 0 Å². The molecular weight excluding hydrogens is 747 g/mol. The van der Waals surface area contributed by atoms with E-state index in [2.05, 4.69) is 34.1 Å². The Morgan fingerprint density at radius 3 is 2.41 bits per heavy atom. The second-order valence-corrected chi connectivity index (χ2v) is 16.3. The number of amides is 1. The van der Waals surface area contributed by atoms with Gasteiger partial charge >= 0.3 is 5.97 Å². The highest BCUT2D eigenvalue weighted by Gasteiger charge is 2.37. The number of fused-ring (bicyclic) bond motifs is 4. The van der Waals surface area contributed by atoms with Crippen LogP contribution in [0.1, 0.15) is 81.3 Å². The Labute approximate surface area is 337 Å². The van der Waals surface area contributed by atoms with Crippen molar-refractivity contribution in [3.8, 4) is 16.9 Å². The summed E-state index contributed by atoms with van der Waals surface area (Å²) < 4.78 is 12.2. The van der Waals surface area contributed by atoms with E-state index in [-0.39, 0.29) is 17.6 Å². The van der Waals surface area contributed by atoms with Crippen LogP contribution in [-0.4, -0.2) is 73.6 Å². The topological polar surface area (TPSA) is 97.8 Å². The fourth-order valence-electron chi connectivity index (χ4n) is 9.11. The van der Waals surface area contributed by atoms with E-state index in [1.54, 1.807) is 17.7 Å². The number of carboxylic acids is 1. The van der Waals surface area contributed by atoms with Gasteiger partial charge in [0.2, 0.25) is 0 Å². The van der Waals surface area contributed by atoms with Crippen molar-refractivity contribution in [3.63, 3.8) is 0 Å². The normalized spacial score (nSPS) is 16.1. The molecule has 0 bridgehead atoms. The summed E-state index contributed by atoms with van der Waals surface area (Å²) in [4.78, 5) is 31.6. The number of carboxylic acid groups (broad SMARTS) is 1. The first-order valence-corrected chi connectivity index (χ1v) is 20.3. The molecule has 3 aromatic carbocycles. The van der Waals surface area contributed by atoms with Gasteiger partial charge in [-0.2, -0.15) is 5.10 Å². The summed E-state index contributed by atoms with van der Waals surface area (Å²) in [5.41, 5.74) is 9.87. The van der Waals surface area contributed by atoms with Crippen molar-refractivity contribution in [2.24, 2.45) is 7.05 Å². The molecule has 1 amide bonds. The highest BCUT2D eigenvalue weighted by molar-refractivity contribution is 6.35. The number of aromatic carboxylic acids is 1. The molecule has 0 spiro atoms. The lowest BCUT2D eigenvalue weighted by atomic mass is 9.98. The Morgan fingerprint density at radius 1 is 0.964 bits per heavy atom. The summed E-state index contributed by atoms with van der Waals surface area (Å²) in [6, 6.07) is 15.1. The van der Waals surface area contributed by atoms with Gasteiger partial charge in [0.1, 0.15) is 17.1 Å². The Balaban J connectivity index is 1.24. The predicted molar refractivity (Wildman–Crippen MR) is 224 cm³/mol. The zero-order valence-corrected chi connectivity index (χ0v) is 34.4. The molecule has 2 aliphatic heterocycles. The Hall–Kier alpha value is -4.77. The smallest absolute Gasteiger partial charge is 0.352 e. The first-order chi connectivity index (χ1) is 26.8. The number of hydrogen-bond acceptors (Lipinski definition) is 5. The van der Waals surface area contributed by atoms with Crippen LogP contribution in [0.2, 0.25) is 10.0 Å². The minimum Gasteiger partial charge on any atom is -0.494 e. The molecular formula is C44H48Cl2N6O4. The van der Waals surface area contributed by atoms with E-state index in [0.717, 1.165) is 98.0 Å². The van der Waals surface area contributed by atoms with Gasteiger partial charge in [0, 0.05) is 58.8 Å². The number of halogens is 2. The van der Waals surface area contributed by atoms with Gasteiger partial charge in [-0.05, 0) is 126 Å². The van der Waals surface area contributed by atoms with Gasteiger partial charge in [-0.25, -0.2) is 4.79 Å². The Bertz CT molecular complexity index is 2520. The number of ether oxygens (including phenoxy) is 1. The molecule has 0 unspecified atom stereocenters. The standard InChI is InChI=1S/C44H48Cl2N6O4/c1-25-21-30(22-26(2)40(25)46)56-20-10-11-31-32-14-15-34(45)39(38-28(4)47-51(29(38)5)19-18-49-16-7-8-17-49)41(32)52-27(3)24-50(43(53)42(31)52)36-13-9-12-35-33(36)23-37(44(54)55)48(35)6/h9,12-15,21-23,27H,7-8,10-11,16-20,24H2,1-6H3,(H,54,55)/t27-/m1/s1. The second kappa shape index (κ2) is 15.0. The number of aromatic nitrogens is 4. The first kappa shape index (κ1) is 38.1. The molecule has 6 aromatic rings. The molecule has 10 nitrogen and oxygen atoms in total. The van der Waals surface area contributed by atoms with Crippen LogP contribution in [0.5, 0.6) is 5.75 Å². The molecule has 1 N–H and O–H groups in total. The van der Waals surface area contributed by atoms with Gasteiger partial charge in [-0.1, -0.05) is 35.3 Å². The molecule has 0 saturated carbocycles. The fourth-order valence-corrected chi connectivity index (χ4v) is 9.46. The molecule has 292 valence electrons. The number of anilines is 1. The number of likely N-dealkylation sites (tertiary alicyclic amines) is 1. The van der Waals surface area contributed by atoms with E-state index in [1.807, 2.05) is 62.1 Å². The van der Waals surface area contributed by atoms with Crippen molar-refractivity contribution in [2.75, 3.05) is 37.7 Å². The van der Waals surface area contributed by atoms with E-state index < -0.39 is 5.97 Å². The first-order valence-electron chi connectivity index (χ1n) is 19.5. The molecule has 1 fully saturated rings. The van der Waals surface area contributed by atoms with Gasteiger partial charge in [-0.15, -0.1) is 0 Å². The number of hydrogen-bond donors (Lipinski definition) is 1. The predicted octanol–water partition coefficient (Wildman–Crippen LogP) is 9.56. The van der Waals surface area contributed by atoms with Gasteiger partial charge in [0.25, 0.3) is 5.91 Å². The second-order valence-electron chi connectivity index (χ2n) is 15.5. The molecule has 0 aliphatic carbocycles. The molecule has 0 radical (unpaired) electrons. The molecule has 12 heteroatoms. The van der Waals surface area contributed by atoms with Crippen LogP contribution < -0.4 is 9.64 Å². The SMILES string of the molecule is Cc1cc(OCCCc2c3n(c4c(-c5c(C)nn(CCN6CCCC6)c5C)c(Cl)ccc24)[C@H](C)CN(c2cccc4c2cc(C(=O)O)n4C)C3=O)cc(C)c1Cl. The van der Waals surface area contributed by atoms with E-state index in [9.17, 15) is 9.90 Å². The highest BCUT2D eigenvalue weighted by Crippen LogP contribution is 2.46. The largest absolute Gasteiger partial charge is 0.494 e. The summed E-state index contributed by atoms with van der Waals surface area (Å²) in [7, 11) is 1.74. The van der Waals surface area contributed by atoms with Crippen LogP contribution in [0.15, 0.2) is 48.5 Å². The summed E-state index contributed by atoms with van der Waals surface area (Å²) in [5.74, 6) is -0.386. The Morgan fingerprint density at radius 2 is 1.70 bits per heavy atom. The lowest BCUT2D eigenvalue weighted by Crippen LogP contribution is -2.42. The zero-order valence-electron chi connectivity index (χ0n) is 32.9. The minimum atomic E-state index is -1.02. The number of carbonyl (C=O) groups excluding carboxylic acids is 1. The Kier molecular flexibility index (Phi) is 10.2. The van der Waals surface area contributed by atoms with Crippen LogP contribution >= 0.6 is 23.2 Å². The lowest BCUT2D eigenvalue weighted by molar-refractivity contribution is 0.0686. The van der Waals surface area contributed by atoms with Crippen molar-refractivity contribution < 1.29 is 19.4 Å². The maximum absolute atomic E-state index is 15.1. The van der Waals surface area contributed by atoms with Crippen LogP contribution in [-0.2, 0) is 20.0 Å². The van der Waals surface area contributed by atoms with Crippen molar-refractivity contribution in [1.82, 2.24) is 23.8 Å². The number of rotatable bonds is 11. The van der Waals surface area contributed by atoms with Crippen molar-refractivity contribution in [3.05, 3.63) is 98.0 Å². The summed E-state index contributed by atoms with van der Waals surface area (Å²) in [6.07, 6.45) is 3.73. The summed E-state index contributed by atoms with van der Waals surface area (Å²) >= 11 is 13.7. The molecule has 2 aliphatic rings. The van der Waals surface area contributed by atoms with E-state index >= 15 is 4.79 Å². The lowest BCUT2D eigenvalue weighted by Gasteiger charge is -2.34. The maximum Gasteiger partial charge on any atom is 0.352 e. The fraction of sp³-hybridized carbons (Fsp3) is 0.386. The van der Waals surface area contributed by atoms with E-state index in [1.165, 1.54) is 12.8 Å². The van der Waals surface area contributed by atoms with Gasteiger partial charge in [-0.3, -0.25) is 9.48 Å². The van der Waals surface area contributed by atoms with Crippen LogP contribution in [0, 0.1) is 27.7 Å². The molecule has 5 heterocycles. The average Bonchev–Trinajstić information content (AvgIpc) is 3.95. The van der Waals surface area contributed by atoms with Crippen LogP contribution in [0.4, 0.5) is 5.69 Å². The molecule has 56 heavy (non-hydrogen) atoms. The number of carbonyl (C=O) groups is 2. The maximum atomic E-state index is 15.1. The number of aryl methyl sites for hydroxylation is 5. The van der Waals surface area contributed by atoms with Crippen LogP contribution in [0.25, 0.3) is 32.9 Å². The van der Waals surface area contributed by atoms with E-state index in [4.69, 9.17) is 33.0 Å². The third-order valence-corrected chi connectivity index (χ3v) is 12.7. The number of benzene rings is 3. The van der Waals surface area contributed by atoms with Crippen LogP contribution in [0.3, 0.4) is 0 Å². The summed E-state index contributed by atoms with van der Waals surface area (Å²) in [5, 5.41) is 18.0. The van der Waals surface area contributed by atoms with Gasteiger partial charge < -0.3 is 28.8 Å².